The van der Waals surface area contributed by atoms with Crippen LogP contribution in [0.15, 0.2) is 0 Å². The normalized spacial score (nSPS) is 15.2. The Labute approximate surface area is 104 Å². The number of hydrogen-bond donors (Lipinski definition) is 0. The predicted octanol–water partition coefficient (Wildman–Crippen LogP) is 4.78. The van der Waals surface area contributed by atoms with Crippen LogP contribution in [0.5, 0.6) is 0 Å². The summed E-state index contributed by atoms with van der Waals surface area (Å²) >= 11 is 3.52. The van der Waals surface area contributed by atoms with Crippen LogP contribution < -0.4 is 0 Å². The number of ether oxygens (including phenoxy) is 1. The number of unbranched alkanes of at least 4 members (excludes halogenated alkanes) is 3. The zero-order chi connectivity index (χ0) is 11.5. The molecule has 0 spiro atoms. The quantitative estimate of drug-likeness (QED) is 0.413. The maximum Gasteiger partial charge on any atom is 0.0547 e. The van der Waals surface area contributed by atoms with Crippen LogP contribution in [0.25, 0.3) is 0 Å². The van der Waals surface area contributed by atoms with Gasteiger partial charge in [-0.3, -0.25) is 0 Å². The third kappa shape index (κ3) is 9.37. The lowest BCUT2D eigenvalue weighted by atomic mass is 10.1. The van der Waals surface area contributed by atoms with Gasteiger partial charge in [-0.15, -0.1) is 0 Å². The monoisotopic (exact) mass is 278 g/mol. The van der Waals surface area contributed by atoms with Gasteiger partial charge in [-0.25, -0.2) is 0 Å². The van der Waals surface area contributed by atoms with E-state index in [0.29, 0.717) is 12.0 Å². The summed E-state index contributed by atoms with van der Waals surface area (Å²) in [5.74, 6) is 0.683. The predicted molar refractivity (Wildman–Crippen MR) is 71.7 cm³/mol. The largest absolute Gasteiger partial charge is 0.378 e. The molecular weight excluding hydrogens is 252 g/mol. The molecule has 0 aromatic heterocycles. The molecular formula is C13H27BrO. The molecule has 92 valence electrons. The first kappa shape index (κ1) is 15.4. The topological polar surface area (TPSA) is 9.23 Å². The average molecular weight is 279 g/mol. The summed E-state index contributed by atoms with van der Waals surface area (Å²) in [6, 6.07) is 0. The lowest BCUT2D eigenvalue weighted by Crippen LogP contribution is -2.16. The maximum absolute atomic E-state index is 5.84. The van der Waals surface area contributed by atoms with Gasteiger partial charge in [0, 0.05) is 5.33 Å². The summed E-state index contributed by atoms with van der Waals surface area (Å²) in [5.41, 5.74) is 0. The van der Waals surface area contributed by atoms with Crippen molar-refractivity contribution in [2.75, 3.05) is 11.9 Å². The van der Waals surface area contributed by atoms with Gasteiger partial charge in [0.1, 0.15) is 0 Å². The van der Waals surface area contributed by atoms with Gasteiger partial charge >= 0.3 is 0 Å². The van der Waals surface area contributed by atoms with E-state index in [0.717, 1.165) is 11.9 Å². The Morgan fingerprint density at radius 3 is 2.40 bits per heavy atom. The minimum atomic E-state index is 0.440. The minimum Gasteiger partial charge on any atom is -0.378 e. The van der Waals surface area contributed by atoms with Gasteiger partial charge in [0.25, 0.3) is 0 Å². The Morgan fingerprint density at radius 1 is 1.13 bits per heavy atom. The second-order valence-corrected chi connectivity index (χ2v) is 5.07. The molecule has 0 rings (SSSR count). The Kier molecular flexibility index (Phi) is 11.3. The fourth-order valence-corrected chi connectivity index (χ4v) is 2.16. The first-order valence-electron chi connectivity index (χ1n) is 6.42. The van der Waals surface area contributed by atoms with Gasteiger partial charge in [0.05, 0.1) is 12.7 Å². The van der Waals surface area contributed by atoms with Gasteiger partial charge < -0.3 is 4.74 Å². The van der Waals surface area contributed by atoms with Crippen molar-refractivity contribution in [1.29, 1.82) is 0 Å². The highest BCUT2D eigenvalue weighted by Crippen LogP contribution is 2.12. The first-order chi connectivity index (χ1) is 7.24. The summed E-state index contributed by atoms with van der Waals surface area (Å²) in [6.45, 7) is 7.59. The van der Waals surface area contributed by atoms with Crippen LogP contribution in [-0.2, 0) is 4.74 Å². The lowest BCUT2D eigenvalue weighted by molar-refractivity contribution is 0.0379. The van der Waals surface area contributed by atoms with Crippen molar-refractivity contribution in [3.8, 4) is 0 Å². The molecule has 0 aromatic carbocycles. The van der Waals surface area contributed by atoms with E-state index >= 15 is 0 Å². The highest BCUT2D eigenvalue weighted by atomic mass is 79.9. The van der Waals surface area contributed by atoms with Crippen molar-refractivity contribution in [2.24, 2.45) is 5.92 Å². The zero-order valence-electron chi connectivity index (χ0n) is 10.6. The molecule has 0 aliphatic rings. The Bertz CT molecular complexity index is 124. The first-order valence-corrected chi connectivity index (χ1v) is 7.54. The third-order valence-electron chi connectivity index (χ3n) is 2.88. The van der Waals surface area contributed by atoms with Crippen molar-refractivity contribution >= 4 is 15.9 Å². The molecule has 2 unspecified atom stereocenters. The summed E-state index contributed by atoms with van der Waals surface area (Å²) in [6.07, 6.45) is 8.23. The molecule has 0 radical (unpaired) electrons. The van der Waals surface area contributed by atoms with E-state index < -0.39 is 0 Å². The van der Waals surface area contributed by atoms with Crippen LogP contribution in [0.4, 0.5) is 0 Å². The molecule has 2 heteroatoms. The number of hydrogen-bond acceptors (Lipinski definition) is 1. The molecule has 0 heterocycles. The molecule has 0 saturated heterocycles. The molecule has 0 saturated carbocycles. The summed E-state index contributed by atoms with van der Waals surface area (Å²) in [7, 11) is 0. The highest BCUT2D eigenvalue weighted by molar-refractivity contribution is 9.09. The number of halogens is 1. The summed E-state index contributed by atoms with van der Waals surface area (Å²) in [5, 5.41) is 1.06. The molecule has 0 fully saturated rings. The molecule has 0 aromatic rings. The van der Waals surface area contributed by atoms with Gasteiger partial charge in [-0.1, -0.05) is 61.9 Å². The maximum atomic E-state index is 5.84. The number of rotatable bonds is 10. The Morgan fingerprint density at radius 2 is 1.87 bits per heavy atom. The van der Waals surface area contributed by atoms with E-state index in [2.05, 4.69) is 36.7 Å². The van der Waals surface area contributed by atoms with Gasteiger partial charge in [0.2, 0.25) is 0 Å². The molecule has 15 heavy (non-hydrogen) atoms. The molecule has 0 bridgehead atoms. The molecule has 0 N–H and O–H groups in total. The second kappa shape index (κ2) is 10.9. The van der Waals surface area contributed by atoms with E-state index in [1.807, 2.05) is 0 Å². The van der Waals surface area contributed by atoms with Gasteiger partial charge in [-0.05, 0) is 19.3 Å². The Balaban J connectivity index is 3.35. The third-order valence-corrected chi connectivity index (χ3v) is 3.79. The van der Waals surface area contributed by atoms with Crippen LogP contribution in [0.2, 0.25) is 0 Å². The summed E-state index contributed by atoms with van der Waals surface area (Å²) in [4.78, 5) is 0. The average Bonchev–Trinajstić information content (AvgIpc) is 2.26. The SMILES string of the molecule is CCCCCCC(C)OCC(CC)CBr. The van der Waals surface area contributed by atoms with Gasteiger partial charge in [-0.2, -0.15) is 0 Å². The van der Waals surface area contributed by atoms with Crippen LogP contribution in [0, 0.1) is 5.92 Å². The second-order valence-electron chi connectivity index (χ2n) is 4.42. The number of alkyl halides is 1. The lowest BCUT2D eigenvalue weighted by Gasteiger charge is -2.17. The molecule has 0 aliphatic heterocycles. The van der Waals surface area contributed by atoms with Crippen molar-refractivity contribution < 1.29 is 4.74 Å². The molecule has 2 atom stereocenters. The highest BCUT2D eigenvalue weighted by Gasteiger charge is 2.07. The van der Waals surface area contributed by atoms with E-state index in [9.17, 15) is 0 Å². The molecule has 1 nitrogen and oxygen atoms in total. The van der Waals surface area contributed by atoms with E-state index in [-0.39, 0.29) is 0 Å². The zero-order valence-corrected chi connectivity index (χ0v) is 12.2. The minimum absolute atomic E-state index is 0.440. The van der Waals surface area contributed by atoms with Crippen molar-refractivity contribution in [2.45, 2.75) is 65.4 Å². The smallest absolute Gasteiger partial charge is 0.0547 e. The van der Waals surface area contributed by atoms with Gasteiger partial charge in [0.15, 0.2) is 0 Å². The van der Waals surface area contributed by atoms with E-state index in [4.69, 9.17) is 4.74 Å². The van der Waals surface area contributed by atoms with Crippen LogP contribution in [-0.4, -0.2) is 18.0 Å². The van der Waals surface area contributed by atoms with Crippen LogP contribution >= 0.6 is 15.9 Å². The fourth-order valence-electron chi connectivity index (χ4n) is 1.51. The van der Waals surface area contributed by atoms with E-state index in [1.165, 1.54) is 38.5 Å². The molecule has 0 amide bonds. The standard InChI is InChI=1S/C13H27BrO/c1-4-6-7-8-9-12(3)15-11-13(5-2)10-14/h12-13H,4-11H2,1-3H3. The fraction of sp³-hybridized carbons (Fsp3) is 1.00. The van der Waals surface area contributed by atoms with Crippen molar-refractivity contribution in [3.05, 3.63) is 0 Å². The van der Waals surface area contributed by atoms with Crippen LogP contribution in [0.1, 0.15) is 59.3 Å². The van der Waals surface area contributed by atoms with E-state index in [1.54, 1.807) is 0 Å². The van der Waals surface area contributed by atoms with Crippen LogP contribution in [0.3, 0.4) is 0 Å². The summed E-state index contributed by atoms with van der Waals surface area (Å²) < 4.78 is 5.84. The Hall–Kier alpha value is 0.440. The molecule has 0 aliphatic carbocycles. The van der Waals surface area contributed by atoms with Crippen molar-refractivity contribution in [3.63, 3.8) is 0 Å². The van der Waals surface area contributed by atoms with Crippen molar-refractivity contribution in [1.82, 2.24) is 0 Å².